The van der Waals surface area contributed by atoms with Crippen molar-refractivity contribution in [2.45, 2.75) is 0 Å². The molecule has 0 unspecified atom stereocenters. The lowest BCUT2D eigenvalue weighted by molar-refractivity contribution is 0.474. The van der Waals surface area contributed by atoms with Crippen LogP contribution in [-0.2, 0) is 0 Å². The van der Waals surface area contributed by atoms with Gasteiger partial charge in [0.2, 0.25) is 5.13 Å². The Balaban J connectivity index is 1.82. The molecule has 1 N–H and O–H groups in total. The van der Waals surface area contributed by atoms with E-state index in [2.05, 4.69) is 25.9 Å². The number of aliphatic imine (C=N–C) groups is 1. The number of nitrogens with zero attached hydrogens (tertiary/aromatic N) is 2. The number of halogens is 2. The van der Waals surface area contributed by atoms with Crippen LogP contribution in [0.1, 0.15) is 5.56 Å². The molecule has 0 saturated carbocycles. The molecule has 6 heteroatoms. The van der Waals surface area contributed by atoms with E-state index in [0.29, 0.717) is 15.7 Å². The van der Waals surface area contributed by atoms with Gasteiger partial charge in [-0.3, -0.25) is 0 Å². The van der Waals surface area contributed by atoms with Gasteiger partial charge in [0.05, 0.1) is 5.69 Å². The number of thiazole rings is 1. The molecule has 0 amide bonds. The van der Waals surface area contributed by atoms with Crippen LogP contribution in [0.5, 0.6) is 5.75 Å². The van der Waals surface area contributed by atoms with E-state index in [4.69, 9.17) is 11.6 Å². The van der Waals surface area contributed by atoms with Gasteiger partial charge in [0.15, 0.2) is 0 Å². The monoisotopic (exact) mass is 392 g/mol. The number of phenolic OH excluding ortho intramolecular Hbond substituents is 1. The summed E-state index contributed by atoms with van der Waals surface area (Å²) in [6.45, 7) is 0. The largest absolute Gasteiger partial charge is 0.507 e. The maximum Gasteiger partial charge on any atom is 0.209 e. The van der Waals surface area contributed by atoms with Gasteiger partial charge in [0.1, 0.15) is 5.75 Å². The topological polar surface area (TPSA) is 45.5 Å². The molecule has 0 bridgehead atoms. The van der Waals surface area contributed by atoms with Crippen LogP contribution in [0.4, 0.5) is 5.13 Å². The second-order valence-electron chi connectivity index (χ2n) is 4.48. The van der Waals surface area contributed by atoms with Gasteiger partial charge in [-0.1, -0.05) is 39.7 Å². The average Bonchev–Trinajstić information content (AvgIpc) is 2.96. The molecule has 0 atom stereocenters. The molecule has 110 valence electrons. The van der Waals surface area contributed by atoms with Crippen LogP contribution in [0.25, 0.3) is 11.3 Å². The number of aromatic hydroxyl groups is 1. The Morgan fingerprint density at radius 2 is 1.95 bits per heavy atom. The number of rotatable bonds is 3. The summed E-state index contributed by atoms with van der Waals surface area (Å²) in [5.41, 5.74) is 2.52. The second-order valence-corrected chi connectivity index (χ2v) is 6.67. The summed E-state index contributed by atoms with van der Waals surface area (Å²) in [4.78, 5) is 8.77. The fourth-order valence-electron chi connectivity index (χ4n) is 1.83. The SMILES string of the molecule is Oc1cc(Cl)ccc1C=Nc1nc(-c2ccc(Br)cc2)cs1. The van der Waals surface area contributed by atoms with Crippen molar-refractivity contribution >= 4 is 50.2 Å². The van der Waals surface area contributed by atoms with Crippen LogP contribution in [0.15, 0.2) is 57.3 Å². The predicted octanol–water partition coefficient (Wildman–Crippen LogP) is 5.68. The van der Waals surface area contributed by atoms with Crippen LogP contribution < -0.4 is 0 Å². The number of benzene rings is 2. The maximum absolute atomic E-state index is 9.78. The highest BCUT2D eigenvalue weighted by molar-refractivity contribution is 9.10. The standard InChI is InChI=1S/C16H10BrClN2OS/c17-12-4-1-10(2-5-12)14-9-22-16(20-14)19-8-11-3-6-13(18)7-15(11)21/h1-9,21H. The third-order valence-electron chi connectivity index (χ3n) is 2.94. The molecule has 22 heavy (non-hydrogen) atoms. The minimum atomic E-state index is 0.0981. The highest BCUT2D eigenvalue weighted by Crippen LogP contribution is 2.28. The van der Waals surface area contributed by atoms with Gasteiger partial charge in [0.25, 0.3) is 0 Å². The molecular weight excluding hydrogens is 384 g/mol. The van der Waals surface area contributed by atoms with E-state index >= 15 is 0 Å². The summed E-state index contributed by atoms with van der Waals surface area (Å²) in [6, 6.07) is 12.8. The second kappa shape index (κ2) is 6.60. The van der Waals surface area contributed by atoms with Crippen LogP contribution >= 0.6 is 38.9 Å². The van der Waals surface area contributed by atoms with Gasteiger partial charge in [-0.15, -0.1) is 11.3 Å². The van der Waals surface area contributed by atoms with Gasteiger partial charge >= 0.3 is 0 Å². The first-order valence-electron chi connectivity index (χ1n) is 6.36. The Kier molecular flexibility index (Phi) is 4.57. The summed E-state index contributed by atoms with van der Waals surface area (Å²) >= 11 is 10.7. The Morgan fingerprint density at radius 1 is 1.18 bits per heavy atom. The summed E-state index contributed by atoms with van der Waals surface area (Å²) < 4.78 is 1.03. The smallest absolute Gasteiger partial charge is 0.209 e. The molecule has 0 aliphatic heterocycles. The first kappa shape index (κ1) is 15.2. The zero-order valence-electron chi connectivity index (χ0n) is 11.2. The number of aromatic nitrogens is 1. The molecule has 3 rings (SSSR count). The number of phenols is 1. The molecule has 3 nitrogen and oxygen atoms in total. The molecule has 0 fully saturated rings. The first-order valence-corrected chi connectivity index (χ1v) is 8.41. The number of hydrogen-bond donors (Lipinski definition) is 1. The van der Waals surface area contributed by atoms with E-state index in [1.165, 1.54) is 17.4 Å². The fourth-order valence-corrected chi connectivity index (χ4v) is 2.93. The zero-order valence-corrected chi connectivity index (χ0v) is 14.4. The maximum atomic E-state index is 9.78. The van der Waals surface area contributed by atoms with Gasteiger partial charge < -0.3 is 5.11 Å². The molecule has 3 aromatic rings. The van der Waals surface area contributed by atoms with Crippen molar-refractivity contribution in [1.29, 1.82) is 0 Å². The van der Waals surface area contributed by atoms with Gasteiger partial charge in [-0.2, -0.15) is 0 Å². The molecule has 0 saturated heterocycles. The quantitative estimate of drug-likeness (QED) is 0.582. The van der Waals surface area contributed by atoms with E-state index in [1.807, 2.05) is 29.6 Å². The Labute approximate surface area is 145 Å². The van der Waals surface area contributed by atoms with Crippen molar-refractivity contribution in [2.24, 2.45) is 4.99 Å². The summed E-state index contributed by atoms with van der Waals surface area (Å²) in [5, 5.41) is 12.9. The van der Waals surface area contributed by atoms with Gasteiger partial charge in [-0.25, -0.2) is 9.98 Å². The summed E-state index contributed by atoms with van der Waals surface area (Å²) in [6.07, 6.45) is 1.58. The lowest BCUT2D eigenvalue weighted by Crippen LogP contribution is -1.81. The summed E-state index contributed by atoms with van der Waals surface area (Å²) in [7, 11) is 0. The zero-order chi connectivity index (χ0) is 15.5. The molecule has 0 aliphatic rings. The molecule has 0 aliphatic carbocycles. The molecule has 1 heterocycles. The lowest BCUT2D eigenvalue weighted by Gasteiger charge is -1.98. The Bertz CT molecular complexity index is 830. The highest BCUT2D eigenvalue weighted by atomic mass is 79.9. The normalized spacial score (nSPS) is 11.2. The molecule has 0 spiro atoms. The van der Waals surface area contributed by atoms with Crippen LogP contribution in [-0.4, -0.2) is 16.3 Å². The van der Waals surface area contributed by atoms with E-state index < -0.39 is 0 Å². The van der Waals surface area contributed by atoms with E-state index in [0.717, 1.165) is 15.7 Å². The van der Waals surface area contributed by atoms with Crippen LogP contribution in [0.2, 0.25) is 5.02 Å². The third-order valence-corrected chi connectivity index (χ3v) is 4.45. The molecular formula is C16H10BrClN2OS. The summed E-state index contributed by atoms with van der Waals surface area (Å²) in [5.74, 6) is 0.0981. The van der Waals surface area contributed by atoms with Crippen molar-refractivity contribution in [3.8, 4) is 17.0 Å². The van der Waals surface area contributed by atoms with Crippen molar-refractivity contribution in [3.05, 3.63) is 62.9 Å². The van der Waals surface area contributed by atoms with Crippen LogP contribution in [0, 0.1) is 0 Å². The van der Waals surface area contributed by atoms with E-state index in [1.54, 1.807) is 18.3 Å². The Hall–Kier alpha value is -1.69. The third kappa shape index (κ3) is 3.55. The minimum absolute atomic E-state index is 0.0981. The van der Waals surface area contributed by atoms with Crippen molar-refractivity contribution in [2.75, 3.05) is 0 Å². The van der Waals surface area contributed by atoms with Crippen molar-refractivity contribution in [1.82, 2.24) is 4.98 Å². The lowest BCUT2D eigenvalue weighted by atomic mass is 10.2. The predicted molar refractivity (Wildman–Crippen MR) is 95.6 cm³/mol. The fraction of sp³-hybridized carbons (Fsp3) is 0. The van der Waals surface area contributed by atoms with Crippen molar-refractivity contribution < 1.29 is 5.11 Å². The van der Waals surface area contributed by atoms with E-state index in [9.17, 15) is 5.11 Å². The van der Waals surface area contributed by atoms with Gasteiger partial charge in [0, 0.05) is 32.2 Å². The van der Waals surface area contributed by atoms with Gasteiger partial charge in [-0.05, 0) is 30.3 Å². The first-order chi connectivity index (χ1) is 10.6. The number of hydrogen-bond acceptors (Lipinski definition) is 4. The minimum Gasteiger partial charge on any atom is -0.507 e. The van der Waals surface area contributed by atoms with Crippen molar-refractivity contribution in [3.63, 3.8) is 0 Å². The van der Waals surface area contributed by atoms with Crippen LogP contribution in [0.3, 0.4) is 0 Å². The van der Waals surface area contributed by atoms with E-state index in [-0.39, 0.29) is 5.75 Å². The highest BCUT2D eigenvalue weighted by Gasteiger charge is 2.04. The Morgan fingerprint density at radius 3 is 2.68 bits per heavy atom. The molecule has 1 aromatic heterocycles. The molecule has 2 aromatic carbocycles. The average molecular weight is 394 g/mol. The molecule has 0 radical (unpaired) electrons.